The van der Waals surface area contributed by atoms with Crippen molar-refractivity contribution in [1.82, 2.24) is 5.43 Å². The van der Waals surface area contributed by atoms with Gasteiger partial charge >= 0.3 is 0 Å². The van der Waals surface area contributed by atoms with E-state index >= 15 is 0 Å². The number of hydrogen-bond donors (Lipinski definition) is 3. The van der Waals surface area contributed by atoms with Crippen LogP contribution in [0.4, 0.5) is 0 Å². The summed E-state index contributed by atoms with van der Waals surface area (Å²) < 4.78 is 0. The van der Waals surface area contributed by atoms with Gasteiger partial charge in [0.25, 0.3) is 5.11 Å². The van der Waals surface area contributed by atoms with Crippen LogP contribution in [0.2, 0.25) is 5.02 Å². The Labute approximate surface area is 175 Å². The number of nitrogens with one attached hydrogen (secondary N) is 2. The molecule has 1 heterocycles. The van der Waals surface area contributed by atoms with E-state index in [2.05, 4.69) is 23.6 Å². The van der Waals surface area contributed by atoms with E-state index in [1.807, 2.05) is 67.8 Å². The molecule has 6 heteroatoms. The minimum Gasteiger partial charge on any atom is -0.343 e. The molecule has 2 aliphatic rings. The molecule has 0 fully saturated rings. The SMILES string of the molecule is NC(=S)[NH+]1NC(c2ccc(Cl)cc2)=CC1c1ccc[cH-]1.[CH]1[CH][CH-]C=C1.[Fe]. The van der Waals surface area contributed by atoms with E-state index in [0.717, 1.165) is 21.3 Å². The molecule has 1 aliphatic carbocycles. The molecule has 2 unspecified atom stereocenters. The van der Waals surface area contributed by atoms with Crippen LogP contribution in [-0.4, -0.2) is 5.11 Å². The zero-order valence-electron chi connectivity index (χ0n) is 13.9. The van der Waals surface area contributed by atoms with Crippen LogP contribution in [0, 0.1) is 19.3 Å². The van der Waals surface area contributed by atoms with E-state index in [1.165, 1.54) is 5.56 Å². The van der Waals surface area contributed by atoms with Gasteiger partial charge in [-0.2, -0.15) is 17.1 Å². The van der Waals surface area contributed by atoms with Crippen LogP contribution < -0.4 is 16.2 Å². The molecule has 0 saturated heterocycles. The van der Waals surface area contributed by atoms with E-state index < -0.39 is 0 Å². The quantitative estimate of drug-likeness (QED) is 0.394. The number of benzene rings is 1. The van der Waals surface area contributed by atoms with Gasteiger partial charge in [-0.3, -0.25) is 0 Å². The molecule has 0 spiro atoms. The summed E-state index contributed by atoms with van der Waals surface area (Å²) in [5.41, 5.74) is 12.4. The van der Waals surface area contributed by atoms with Crippen LogP contribution in [0.5, 0.6) is 0 Å². The van der Waals surface area contributed by atoms with E-state index in [1.54, 1.807) is 0 Å². The average Bonchev–Trinajstić information content (AvgIpc) is 3.36. The minimum atomic E-state index is 0. The Morgan fingerprint density at radius 2 is 2.00 bits per heavy atom. The van der Waals surface area contributed by atoms with Gasteiger partial charge in [0.15, 0.2) is 0 Å². The number of halogens is 1. The van der Waals surface area contributed by atoms with Crippen molar-refractivity contribution in [3.63, 3.8) is 0 Å². The van der Waals surface area contributed by atoms with Gasteiger partial charge < -0.3 is 5.73 Å². The molecule has 2 radical (unpaired) electrons. The fourth-order valence-corrected chi connectivity index (χ4v) is 3.01. The number of allylic oxidation sites excluding steroid dienone is 2. The zero-order chi connectivity index (χ0) is 17.6. The fraction of sp³-hybridized carbons (Fsp3) is 0.0500. The Hall–Kier alpha value is -1.62. The first-order chi connectivity index (χ1) is 12.1. The van der Waals surface area contributed by atoms with Gasteiger partial charge in [0.2, 0.25) is 0 Å². The number of rotatable bonds is 2. The van der Waals surface area contributed by atoms with E-state index in [4.69, 9.17) is 29.6 Å². The zero-order valence-corrected chi connectivity index (χ0v) is 16.6. The summed E-state index contributed by atoms with van der Waals surface area (Å²) in [5.74, 6) is 0. The summed E-state index contributed by atoms with van der Waals surface area (Å²) in [6, 6.07) is 16.0. The summed E-state index contributed by atoms with van der Waals surface area (Å²) in [6.07, 6.45) is 12.1. The Bertz CT molecular complexity index is 763. The number of thiocarbonyl (C=S) groups is 1. The summed E-state index contributed by atoms with van der Waals surface area (Å²) in [6.45, 7) is 0. The largest absolute Gasteiger partial charge is 0.343 e. The molecule has 0 aromatic heterocycles. The topological polar surface area (TPSA) is 42.5 Å². The number of hydrogen-bond acceptors (Lipinski definition) is 2. The number of quaternary nitrogens is 1. The van der Waals surface area contributed by atoms with Crippen LogP contribution in [0.15, 0.2) is 66.8 Å². The summed E-state index contributed by atoms with van der Waals surface area (Å²) >= 11 is 11.1. The molecule has 4 rings (SSSR count). The monoisotopic (exact) mass is 424 g/mol. The predicted octanol–water partition coefficient (Wildman–Crippen LogP) is 2.95. The van der Waals surface area contributed by atoms with Gasteiger partial charge in [-0.1, -0.05) is 23.7 Å². The molecular weight excluding hydrogens is 406 g/mol. The Balaban J connectivity index is 0.000000351. The third kappa shape index (κ3) is 5.19. The first-order valence-corrected chi connectivity index (χ1v) is 8.73. The molecule has 1 aliphatic heterocycles. The smallest absolute Gasteiger partial charge is 0.291 e. The summed E-state index contributed by atoms with van der Waals surface area (Å²) in [4.78, 5) is 0. The fourth-order valence-electron chi connectivity index (χ4n) is 2.71. The van der Waals surface area contributed by atoms with Crippen molar-refractivity contribution in [2.45, 2.75) is 6.04 Å². The molecule has 26 heavy (non-hydrogen) atoms. The number of nitrogens with two attached hydrogens (primary N) is 1. The maximum absolute atomic E-state index is 5.92. The van der Waals surface area contributed by atoms with E-state index in [9.17, 15) is 0 Å². The van der Waals surface area contributed by atoms with Crippen LogP contribution in [0.3, 0.4) is 0 Å². The van der Waals surface area contributed by atoms with E-state index in [0.29, 0.717) is 5.11 Å². The molecule has 4 N–H and O–H groups in total. The third-order valence-corrected chi connectivity index (χ3v) is 4.41. The molecule has 0 amide bonds. The van der Waals surface area contributed by atoms with Crippen molar-refractivity contribution < 1.29 is 22.1 Å². The van der Waals surface area contributed by atoms with Gasteiger partial charge in [-0.25, -0.2) is 36.1 Å². The maximum atomic E-state index is 5.92. The normalized spacial score (nSPS) is 20.1. The molecule has 136 valence electrons. The summed E-state index contributed by atoms with van der Waals surface area (Å²) in [7, 11) is 0. The second-order valence-corrected chi connectivity index (χ2v) is 6.52. The molecule has 3 nitrogen and oxygen atoms in total. The van der Waals surface area contributed by atoms with Gasteiger partial charge in [-0.15, -0.1) is 18.4 Å². The van der Waals surface area contributed by atoms with Crippen LogP contribution in [-0.2, 0) is 17.1 Å². The van der Waals surface area contributed by atoms with Crippen molar-refractivity contribution in [2.75, 3.05) is 0 Å². The third-order valence-electron chi connectivity index (χ3n) is 3.94. The Morgan fingerprint density at radius 1 is 1.23 bits per heavy atom. The molecule has 2 atom stereocenters. The second kappa shape index (κ2) is 9.91. The van der Waals surface area contributed by atoms with Crippen molar-refractivity contribution in [3.05, 3.63) is 102 Å². The van der Waals surface area contributed by atoms with Crippen molar-refractivity contribution in [2.24, 2.45) is 5.73 Å². The van der Waals surface area contributed by atoms with E-state index in [-0.39, 0.29) is 23.1 Å². The molecular formula is C20H19ClFeN3S-. The van der Waals surface area contributed by atoms with Crippen LogP contribution in [0.1, 0.15) is 17.2 Å². The minimum absolute atomic E-state index is 0. The summed E-state index contributed by atoms with van der Waals surface area (Å²) in [5, 5.41) is 1.99. The average molecular weight is 425 g/mol. The standard InChI is InChI=1S/C15H13ClN3S.C5H5.Fe/c16-12-7-5-10(6-8-12)13-9-14(11-3-1-2-4-11)19(18-13)15(17)20;1-2-4-5-3-1;/h1-9,14,18H,(H2,17,20);1-5H;/q2*-1;/p+1. The predicted molar refractivity (Wildman–Crippen MR) is 107 cm³/mol. The first-order valence-electron chi connectivity index (χ1n) is 7.95. The molecule has 2 aromatic rings. The molecule has 0 saturated carbocycles. The van der Waals surface area contributed by atoms with Crippen molar-refractivity contribution in [1.29, 1.82) is 0 Å². The first kappa shape index (κ1) is 20.7. The van der Waals surface area contributed by atoms with Gasteiger partial charge in [0, 0.05) is 45.9 Å². The van der Waals surface area contributed by atoms with Crippen molar-refractivity contribution >= 4 is 34.6 Å². The molecule has 2 aromatic carbocycles. The van der Waals surface area contributed by atoms with Crippen molar-refractivity contribution in [3.8, 4) is 0 Å². The Kier molecular flexibility index (Phi) is 7.88. The maximum Gasteiger partial charge on any atom is 0.291 e. The molecule has 0 bridgehead atoms. The van der Waals surface area contributed by atoms with Gasteiger partial charge in [0.1, 0.15) is 6.04 Å². The van der Waals surface area contributed by atoms with Gasteiger partial charge in [-0.05, 0) is 12.1 Å². The van der Waals surface area contributed by atoms with Crippen LogP contribution >= 0.6 is 23.8 Å². The Morgan fingerprint density at radius 3 is 2.50 bits per heavy atom. The van der Waals surface area contributed by atoms with Gasteiger partial charge in [0.05, 0.1) is 5.70 Å². The van der Waals surface area contributed by atoms with Crippen LogP contribution in [0.25, 0.3) is 5.70 Å². The second-order valence-electron chi connectivity index (χ2n) is 5.65.